The second-order valence-electron chi connectivity index (χ2n) is 4.46. The first-order valence-corrected chi connectivity index (χ1v) is 5.58. The Labute approximate surface area is 104 Å². The van der Waals surface area contributed by atoms with Crippen LogP contribution in [0.3, 0.4) is 0 Å². The van der Waals surface area contributed by atoms with Crippen LogP contribution in [0.4, 0.5) is 4.79 Å². The van der Waals surface area contributed by atoms with Crippen molar-refractivity contribution in [2.75, 3.05) is 13.1 Å². The molecule has 0 aromatic carbocycles. The van der Waals surface area contributed by atoms with Crippen molar-refractivity contribution >= 4 is 17.9 Å². The summed E-state index contributed by atoms with van der Waals surface area (Å²) in [6, 6.07) is -0.488. The van der Waals surface area contributed by atoms with E-state index in [4.69, 9.17) is 5.11 Å². The molecule has 1 aliphatic rings. The molecule has 1 aliphatic carbocycles. The summed E-state index contributed by atoms with van der Waals surface area (Å²) in [5, 5.41) is 25.0. The summed E-state index contributed by atoms with van der Waals surface area (Å²) in [5.41, 5.74) is -2.03. The Balaban J connectivity index is 2.16. The smallest absolute Gasteiger partial charge is 0.337 e. The van der Waals surface area contributed by atoms with Gasteiger partial charge in [-0.05, 0) is 19.8 Å². The first-order valence-electron chi connectivity index (χ1n) is 5.58. The Hall–Kier alpha value is -1.83. The molecule has 1 rings (SSSR count). The number of aliphatic hydroxyl groups is 1. The molecule has 0 heterocycles. The van der Waals surface area contributed by atoms with Crippen LogP contribution in [0.25, 0.3) is 0 Å². The van der Waals surface area contributed by atoms with Gasteiger partial charge in [-0.1, -0.05) is 0 Å². The van der Waals surface area contributed by atoms with Crippen molar-refractivity contribution in [1.82, 2.24) is 16.0 Å². The van der Waals surface area contributed by atoms with Gasteiger partial charge < -0.3 is 26.2 Å². The fraction of sp³-hybridized carbons (Fsp3) is 0.700. The van der Waals surface area contributed by atoms with Gasteiger partial charge in [-0.15, -0.1) is 0 Å². The number of hydrogen-bond acceptors (Lipinski definition) is 4. The van der Waals surface area contributed by atoms with E-state index in [2.05, 4.69) is 16.0 Å². The van der Waals surface area contributed by atoms with Gasteiger partial charge in [-0.3, -0.25) is 4.79 Å². The van der Waals surface area contributed by atoms with Crippen molar-refractivity contribution in [3.63, 3.8) is 0 Å². The van der Waals surface area contributed by atoms with E-state index in [1.807, 2.05) is 0 Å². The number of carboxylic acid groups (broad SMARTS) is 1. The van der Waals surface area contributed by atoms with Gasteiger partial charge in [0.25, 0.3) is 0 Å². The highest BCUT2D eigenvalue weighted by molar-refractivity contribution is 5.84. The Morgan fingerprint density at radius 3 is 2.39 bits per heavy atom. The lowest BCUT2D eigenvalue weighted by Crippen LogP contribution is -2.50. The SMILES string of the molecule is CC(O)(CNC(=O)NCC(=O)NC1CC1)C(=O)O. The summed E-state index contributed by atoms with van der Waals surface area (Å²) < 4.78 is 0. The lowest BCUT2D eigenvalue weighted by molar-refractivity contribution is -0.155. The van der Waals surface area contributed by atoms with Crippen LogP contribution in [0.5, 0.6) is 0 Å². The molecule has 0 radical (unpaired) electrons. The van der Waals surface area contributed by atoms with Gasteiger partial charge in [0.15, 0.2) is 5.60 Å². The topological polar surface area (TPSA) is 128 Å². The zero-order valence-corrected chi connectivity index (χ0v) is 10.0. The van der Waals surface area contributed by atoms with Crippen molar-refractivity contribution in [3.05, 3.63) is 0 Å². The monoisotopic (exact) mass is 259 g/mol. The van der Waals surface area contributed by atoms with Crippen LogP contribution in [0.1, 0.15) is 19.8 Å². The number of carbonyl (C=O) groups is 3. The van der Waals surface area contributed by atoms with E-state index in [-0.39, 0.29) is 18.5 Å². The molecule has 1 fully saturated rings. The van der Waals surface area contributed by atoms with E-state index in [1.54, 1.807) is 0 Å². The highest BCUT2D eigenvalue weighted by Crippen LogP contribution is 2.18. The first-order chi connectivity index (χ1) is 8.31. The second kappa shape index (κ2) is 5.67. The molecule has 0 aliphatic heterocycles. The molecule has 0 aromatic rings. The lowest BCUT2D eigenvalue weighted by Gasteiger charge is -2.18. The normalized spacial score (nSPS) is 17.4. The van der Waals surface area contributed by atoms with E-state index in [0.29, 0.717) is 0 Å². The third-order valence-electron chi connectivity index (χ3n) is 2.41. The van der Waals surface area contributed by atoms with Crippen LogP contribution < -0.4 is 16.0 Å². The average Bonchev–Trinajstić information content (AvgIpc) is 3.07. The summed E-state index contributed by atoms with van der Waals surface area (Å²) in [7, 11) is 0. The molecule has 8 nitrogen and oxygen atoms in total. The number of aliphatic carboxylic acids is 1. The number of carbonyl (C=O) groups excluding carboxylic acids is 2. The largest absolute Gasteiger partial charge is 0.479 e. The Bertz CT molecular complexity index is 351. The minimum Gasteiger partial charge on any atom is -0.479 e. The highest BCUT2D eigenvalue weighted by Gasteiger charge is 2.30. The molecular weight excluding hydrogens is 242 g/mol. The minimum absolute atomic E-state index is 0.183. The Morgan fingerprint density at radius 2 is 1.89 bits per heavy atom. The molecule has 0 aromatic heterocycles. The predicted molar refractivity (Wildman–Crippen MR) is 60.8 cm³/mol. The molecule has 102 valence electrons. The van der Waals surface area contributed by atoms with Gasteiger partial charge in [0.1, 0.15) is 0 Å². The molecule has 5 N–H and O–H groups in total. The van der Waals surface area contributed by atoms with Crippen LogP contribution in [0.2, 0.25) is 0 Å². The Morgan fingerprint density at radius 1 is 1.28 bits per heavy atom. The van der Waals surface area contributed by atoms with Gasteiger partial charge in [-0.2, -0.15) is 0 Å². The highest BCUT2D eigenvalue weighted by atomic mass is 16.4. The molecule has 1 atom stereocenters. The number of urea groups is 1. The molecular formula is C10H17N3O5. The van der Waals surface area contributed by atoms with E-state index in [9.17, 15) is 19.5 Å². The molecule has 0 spiro atoms. The molecule has 1 saturated carbocycles. The number of amides is 3. The molecule has 1 unspecified atom stereocenters. The zero-order chi connectivity index (χ0) is 13.8. The van der Waals surface area contributed by atoms with Crippen molar-refractivity contribution < 1.29 is 24.6 Å². The van der Waals surface area contributed by atoms with E-state index < -0.39 is 24.1 Å². The van der Waals surface area contributed by atoms with Crippen LogP contribution in [-0.4, -0.2) is 52.9 Å². The Kier molecular flexibility index (Phi) is 4.49. The summed E-state index contributed by atoms with van der Waals surface area (Å²) in [6.45, 7) is 0.436. The third kappa shape index (κ3) is 5.00. The average molecular weight is 259 g/mol. The summed E-state index contributed by atoms with van der Waals surface area (Å²) >= 11 is 0. The van der Waals surface area contributed by atoms with E-state index in [0.717, 1.165) is 19.8 Å². The number of hydrogen-bond donors (Lipinski definition) is 5. The standard InChI is InChI=1S/C10H17N3O5/c1-10(18,8(15)16)5-12-9(17)11-4-7(14)13-6-2-3-6/h6,18H,2-5H2,1H3,(H,13,14)(H,15,16)(H2,11,12,17). The fourth-order valence-electron chi connectivity index (χ4n) is 1.06. The number of carboxylic acids is 1. The van der Waals surface area contributed by atoms with Crippen molar-refractivity contribution in [2.24, 2.45) is 0 Å². The fourth-order valence-corrected chi connectivity index (χ4v) is 1.06. The number of nitrogens with one attached hydrogen (secondary N) is 3. The van der Waals surface area contributed by atoms with Crippen LogP contribution in [-0.2, 0) is 9.59 Å². The predicted octanol–water partition coefficient (Wildman–Crippen LogP) is -1.60. The van der Waals surface area contributed by atoms with Crippen molar-refractivity contribution in [2.45, 2.75) is 31.4 Å². The summed E-state index contributed by atoms with van der Waals surface area (Å²) in [6.07, 6.45) is 1.92. The van der Waals surface area contributed by atoms with E-state index in [1.165, 1.54) is 0 Å². The van der Waals surface area contributed by atoms with Crippen molar-refractivity contribution in [1.29, 1.82) is 0 Å². The van der Waals surface area contributed by atoms with Gasteiger partial charge in [0.05, 0.1) is 13.1 Å². The molecule has 0 bridgehead atoms. The molecule has 18 heavy (non-hydrogen) atoms. The van der Waals surface area contributed by atoms with Crippen LogP contribution in [0.15, 0.2) is 0 Å². The van der Waals surface area contributed by atoms with Crippen molar-refractivity contribution in [3.8, 4) is 0 Å². The van der Waals surface area contributed by atoms with Crippen LogP contribution >= 0.6 is 0 Å². The number of rotatable bonds is 6. The van der Waals surface area contributed by atoms with Gasteiger partial charge >= 0.3 is 12.0 Å². The maximum atomic E-state index is 11.2. The zero-order valence-electron chi connectivity index (χ0n) is 10.0. The van der Waals surface area contributed by atoms with E-state index >= 15 is 0 Å². The maximum Gasteiger partial charge on any atom is 0.337 e. The summed E-state index contributed by atoms with van der Waals surface area (Å²) in [5.74, 6) is -1.73. The lowest BCUT2D eigenvalue weighted by atomic mass is 10.1. The maximum absolute atomic E-state index is 11.2. The molecule has 0 saturated heterocycles. The van der Waals surface area contributed by atoms with Crippen LogP contribution in [0, 0.1) is 0 Å². The van der Waals surface area contributed by atoms with Gasteiger partial charge in [0, 0.05) is 6.04 Å². The minimum atomic E-state index is -2.03. The second-order valence-corrected chi connectivity index (χ2v) is 4.46. The molecule has 8 heteroatoms. The first kappa shape index (κ1) is 14.2. The van der Waals surface area contributed by atoms with Gasteiger partial charge in [0.2, 0.25) is 5.91 Å². The summed E-state index contributed by atoms with van der Waals surface area (Å²) in [4.78, 5) is 33.0. The quantitative estimate of drug-likeness (QED) is 0.392. The third-order valence-corrected chi connectivity index (χ3v) is 2.41. The molecule has 3 amide bonds. The van der Waals surface area contributed by atoms with Gasteiger partial charge in [-0.25, -0.2) is 9.59 Å².